The van der Waals surface area contributed by atoms with Gasteiger partial charge in [0.25, 0.3) is 0 Å². The van der Waals surface area contributed by atoms with Crippen molar-refractivity contribution in [2.75, 3.05) is 52.6 Å². The summed E-state index contributed by atoms with van der Waals surface area (Å²) in [7, 11) is 0. The van der Waals surface area contributed by atoms with E-state index in [0.717, 1.165) is 12.8 Å². The molecule has 4 saturated heterocycles. The van der Waals surface area contributed by atoms with E-state index in [-0.39, 0.29) is 12.5 Å². The maximum Gasteiger partial charge on any atom is 0.219 e. The van der Waals surface area contributed by atoms with Crippen LogP contribution in [0.4, 0.5) is 0 Å². The molecular weight excluding hydrogens is 820 g/mol. The van der Waals surface area contributed by atoms with E-state index in [4.69, 9.17) is 33.2 Å². The number of unbranched alkanes of at least 4 members (excludes halogenated alkanes) is 3. The first-order valence-electron chi connectivity index (χ1n) is 21.2. The molecule has 4 fully saturated rings. The lowest BCUT2D eigenvalue weighted by atomic mass is 9.93. The van der Waals surface area contributed by atoms with Gasteiger partial charge in [0.1, 0.15) is 91.6 Å². The highest BCUT2D eigenvalue weighted by Gasteiger charge is 2.52. The third kappa shape index (κ3) is 14.1. The number of amides is 1. The molecule has 0 aliphatic carbocycles. The number of carbonyl (C=O) groups excluding carboxylic acids is 1. The molecule has 0 radical (unpaired) electrons. The molecule has 358 valence electrons. The van der Waals surface area contributed by atoms with Crippen LogP contribution >= 0.6 is 0 Å². The number of rotatable bonds is 23. The molecule has 4 aliphatic heterocycles. The number of nitrogens with zero attached hydrogens (tertiary/aromatic N) is 1. The van der Waals surface area contributed by atoms with Gasteiger partial charge in [0, 0.05) is 19.5 Å². The van der Waals surface area contributed by atoms with Crippen molar-refractivity contribution < 1.29 is 104 Å². The summed E-state index contributed by atoms with van der Waals surface area (Å²) < 4.78 is 39.9. The van der Waals surface area contributed by atoms with Crippen molar-refractivity contribution in [1.82, 2.24) is 10.2 Å². The lowest BCUT2D eigenvalue weighted by molar-refractivity contribution is -0.366. The molecule has 20 atom stereocenters. The molecule has 0 unspecified atom stereocenters. The third-order valence-corrected chi connectivity index (χ3v) is 11.7. The van der Waals surface area contributed by atoms with Crippen LogP contribution in [0.25, 0.3) is 0 Å². The van der Waals surface area contributed by atoms with Crippen molar-refractivity contribution in [3.8, 4) is 0 Å². The van der Waals surface area contributed by atoms with Crippen LogP contribution in [0.1, 0.15) is 58.8 Å². The van der Waals surface area contributed by atoms with E-state index in [1.165, 1.54) is 0 Å². The minimum Gasteiger partial charge on any atom is -0.394 e. The average Bonchev–Trinajstić information content (AvgIpc) is 3.24. The van der Waals surface area contributed by atoms with E-state index in [0.29, 0.717) is 58.3 Å². The quantitative estimate of drug-likeness (QED) is 0.0424. The summed E-state index contributed by atoms with van der Waals surface area (Å²) in [5, 5.41) is 138. The second-order valence-corrected chi connectivity index (χ2v) is 16.2. The zero-order valence-electron chi connectivity index (χ0n) is 34.7. The van der Waals surface area contributed by atoms with Crippen LogP contribution in [0.2, 0.25) is 0 Å². The summed E-state index contributed by atoms with van der Waals surface area (Å²) in [6, 6.07) is 0. The highest BCUT2D eigenvalue weighted by Crippen LogP contribution is 2.31. The number of carbonyl (C=O) groups is 1. The number of aliphatic hydroxyl groups is 13. The smallest absolute Gasteiger partial charge is 0.219 e. The first-order chi connectivity index (χ1) is 29.0. The third-order valence-electron chi connectivity index (χ3n) is 11.7. The standard InChI is InChI=1S/C38H70N2O21/c1-3-39-23(43)10-5-4-7-11-40(12-8-6-9-19-25(45)29(49)24(44)18(2)57-19)13-14-55-37-34(54)35(61-38-33(53)31(51)27(47)21(16-42)59-38)28(48)22(60-37)17-56-36-32(52)30(50)26(46)20(15-41)58-36/h18-22,24-38,41-42,44-54H,3-17H2,1-2H3,(H,39,43)/t18-,19-,20+,21+,22+,24+,25+,26+,27+,28+,29+,30-,31-,32-,33-,34-,35-,36-,37-,38+/m0/s1. The van der Waals surface area contributed by atoms with Gasteiger partial charge >= 0.3 is 0 Å². The van der Waals surface area contributed by atoms with E-state index in [9.17, 15) is 71.2 Å². The highest BCUT2D eigenvalue weighted by atomic mass is 16.7. The van der Waals surface area contributed by atoms with Gasteiger partial charge in [-0.3, -0.25) is 4.79 Å². The van der Waals surface area contributed by atoms with Gasteiger partial charge in [-0.15, -0.1) is 0 Å². The van der Waals surface area contributed by atoms with E-state index in [2.05, 4.69) is 10.2 Å². The fourth-order valence-electron chi connectivity index (χ4n) is 7.84. The first kappa shape index (κ1) is 52.3. The molecule has 23 nitrogen and oxygen atoms in total. The van der Waals surface area contributed by atoms with E-state index < -0.39 is 142 Å². The summed E-state index contributed by atoms with van der Waals surface area (Å²) in [6.07, 6.45) is -25.9. The maximum atomic E-state index is 11.9. The fraction of sp³-hybridized carbons (Fsp3) is 0.974. The number of aliphatic hydroxyl groups excluding tert-OH is 13. The molecule has 61 heavy (non-hydrogen) atoms. The number of hydrogen-bond acceptors (Lipinski definition) is 22. The Balaban J connectivity index is 1.42. The Morgan fingerprint density at radius 3 is 1.72 bits per heavy atom. The molecule has 14 N–H and O–H groups in total. The number of hydrogen-bond donors (Lipinski definition) is 14. The summed E-state index contributed by atoms with van der Waals surface area (Å²) in [5.74, 6) is -0.0336. The summed E-state index contributed by atoms with van der Waals surface area (Å²) in [4.78, 5) is 14.0. The molecule has 4 heterocycles. The van der Waals surface area contributed by atoms with Gasteiger partial charge < -0.3 is 110 Å². The predicted octanol–water partition coefficient (Wildman–Crippen LogP) is -6.51. The molecule has 0 bridgehead atoms. The monoisotopic (exact) mass is 890 g/mol. The lowest BCUT2D eigenvalue weighted by Crippen LogP contribution is -2.65. The van der Waals surface area contributed by atoms with Crippen LogP contribution in [0.5, 0.6) is 0 Å². The fourth-order valence-corrected chi connectivity index (χ4v) is 7.84. The van der Waals surface area contributed by atoms with Gasteiger partial charge in [0.2, 0.25) is 5.91 Å². The molecule has 4 aliphatic rings. The van der Waals surface area contributed by atoms with Crippen LogP contribution in [-0.2, 0) is 38.0 Å². The molecule has 4 rings (SSSR count). The van der Waals surface area contributed by atoms with Crippen molar-refractivity contribution in [1.29, 1.82) is 0 Å². The van der Waals surface area contributed by atoms with Crippen LogP contribution in [-0.4, -0.2) is 252 Å². The summed E-state index contributed by atoms with van der Waals surface area (Å²) in [6.45, 7) is 3.26. The van der Waals surface area contributed by atoms with Crippen molar-refractivity contribution in [2.45, 2.75) is 181 Å². The van der Waals surface area contributed by atoms with Crippen LogP contribution in [0.15, 0.2) is 0 Å². The Morgan fingerprint density at radius 2 is 1.10 bits per heavy atom. The lowest BCUT2D eigenvalue weighted by Gasteiger charge is -2.46. The zero-order chi connectivity index (χ0) is 45.0. The summed E-state index contributed by atoms with van der Waals surface area (Å²) >= 11 is 0. The van der Waals surface area contributed by atoms with Gasteiger partial charge in [0.15, 0.2) is 18.9 Å². The molecule has 0 aromatic rings. The van der Waals surface area contributed by atoms with Crippen molar-refractivity contribution in [2.24, 2.45) is 0 Å². The molecule has 0 spiro atoms. The Kier molecular flexibility index (Phi) is 21.7. The van der Waals surface area contributed by atoms with E-state index in [1.807, 2.05) is 6.92 Å². The maximum absolute atomic E-state index is 11.9. The second kappa shape index (κ2) is 25.4. The zero-order valence-corrected chi connectivity index (χ0v) is 34.7. The van der Waals surface area contributed by atoms with Gasteiger partial charge in [-0.2, -0.15) is 0 Å². The Labute approximate surface area is 354 Å². The van der Waals surface area contributed by atoms with E-state index in [1.54, 1.807) is 6.92 Å². The first-order valence-corrected chi connectivity index (χ1v) is 21.2. The number of ether oxygens (including phenoxy) is 7. The largest absolute Gasteiger partial charge is 0.394 e. The minimum absolute atomic E-state index is 0.0336. The number of nitrogens with one attached hydrogen (secondary N) is 1. The average molecular weight is 891 g/mol. The van der Waals surface area contributed by atoms with E-state index >= 15 is 0 Å². The molecule has 0 aromatic heterocycles. The molecular formula is C38H70N2O21. The van der Waals surface area contributed by atoms with Gasteiger partial charge in [-0.05, 0) is 59.0 Å². The van der Waals surface area contributed by atoms with Crippen LogP contribution < -0.4 is 5.32 Å². The SMILES string of the molecule is CCNC(=O)CCCCCN(CCCC[C@@H]1O[C@@H](C)[C@@H](O)[C@@H](O)[C@@H]1O)CCO[C@H]1O[C@H](CO[C@H]2O[C@H](CO)[C@@H](O)[C@H](O)[C@@H]2O)[C@@H](O)[C@H](O[C@H]2O[C@H](CO)[C@@H](O)[C@H](O)[C@@H]2O)[C@@H]1O. The van der Waals surface area contributed by atoms with Crippen molar-refractivity contribution >= 4 is 5.91 Å². The van der Waals surface area contributed by atoms with Crippen molar-refractivity contribution in [3.63, 3.8) is 0 Å². The van der Waals surface area contributed by atoms with Crippen molar-refractivity contribution in [3.05, 3.63) is 0 Å². The van der Waals surface area contributed by atoms with Gasteiger partial charge in [0.05, 0.1) is 38.6 Å². The van der Waals surface area contributed by atoms with Gasteiger partial charge in [-0.25, -0.2) is 0 Å². The van der Waals surface area contributed by atoms with Gasteiger partial charge in [-0.1, -0.05) is 6.42 Å². The van der Waals surface area contributed by atoms with Crippen LogP contribution in [0.3, 0.4) is 0 Å². The Morgan fingerprint density at radius 1 is 0.557 bits per heavy atom. The Bertz CT molecular complexity index is 1260. The molecule has 0 saturated carbocycles. The normalized spacial score (nSPS) is 42.2. The topological polar surface area (TPSA) is 360 Å². The molecule has 1 amide bonds. The molecule has 0 aromatic carbocycles. The second-order valence-electron chi connectivity index (χ2n) is 16.2. The predicted molar refractivity (Wildman–Crippen MR) is 205 cm³/mol. The van der Waals surface area contributed by atoms with Crippen LogP contribution in [0, 0.1) is 0 Å². The Hall–Kier alpha value is -1.37. The highest BCUT2D eigenvalue weighted by molar-refractivity contribution is 5.75. The summed E-state index contributed by atoms with van der Waals surface area (Å²) in [5.41, 5.74) is 0. The minimum atomic E-state index is -1.90. The molecule has 23 heteroatoms.